The van der Waals surface area contributed by atoms with E-state index in [2.05, 4.69) is 30.6 Å². The molecule has 0 atom stereocenters. The maximum Gasteiger partial charge on any atom is 0.269 e. The monoisotopic (exact) mass is 378 g/mol. The summed E-state index contributed by atoms with van der Waals surface area (Å²) in [6, 6.07) is 6.47. The van der Waals surface area contributed by atoms with Gasteiger partial charge in [0.05, 0.1) is 5.54 Å². The molecule has 3 aromatic heterocycles. The molecule has 1 aliphatic rings. The number of amides is 1. The van der Waals surface area contributed by atoms with E-state index in [1.807, 2.05) is 0 Å². The van der Waals surface area contributed by atoms with Gasteiger partial charge in [0.25, 0.3) is 5.91 Å². The Hall–Kier alpha value is -3.42. The Bertz CT molecular complexity index is 1000. The summed E-state index contributed by atoms with van der Waals surface area (Å²) in [5, 5.41) is 5.81. The number of hydrogen-bond acceptors (Lipinski definition) is 6. The van der Waals surface area contributed by atoms with Gasteiger partial charge in [-0.3, -0.25) is 14.8 Å². The minimum Gasteiger partial charge on any atom is -0.354 e. The Labute approximate surface area is 161 Å². The number of aromatic nitrogens is 4. The molecule has 7 nitrogen and oxygen atoms in total. The van der Waals surface area contributed by atoms with Crippen LogP contribution in [0.2, 0.25) is 0 Å². The number of carbonyl (C=O) groups is 1. The van der Waals surface area contributed by atoms with Gasteiger partial charge in [0.1, 0.15) is 17.2 Å². The fraction of sp³-hybridized carbons (Fsp3) is 0.250. The topological polar surface area (TPSA) is 92.7 Å². The summed E-state index contributed by atoms with van der Waals surface area (Å²) in [6.07, 6.45) is 9.02. The first-order valence-corrected chi connectivity index (χ1v) is 9.01. The molecule has 0 aromatic carbocycles. The molecule has 8 heteroatoms. The largest absolute Gasteiger partial charge is 0.354 e. The third kappa shape index (κ3) is 3.28. The van der Waals surface area contributed by atoms with Gasteiger partial charge < -0.3 is 10.6 Å². The summed E-state index contributed by atoms with van der Waals surface area (Å²) in [7, 11) is 1.56. The van der Waals surface area contributed by atoms with E-state index in [-0.39, 0.29) is 11.7 Å². The van der Waals surface area contributed by atoms with Crippen molar-refractivity contribution in [2.45, 2.75) is 24.8 Å². The van der Waals surface area contributed by atoms with Crippen LogP contribution in [0, 0.1) is 5.82 Å². The van der Waals surface area contributed by atoms with Gasteiger partial charge in [0.2, 0.25) is 5.95 Å². The Morgan fingerprint density at radius 3 is 2.50 bits per heavy atom. The molecule has 28 heavy (non-hydrogen) atoms. The molecule has 1 aliphatic carbocycles. The molecule has 3 heterocycles. The lowest BCUT2D eigenvalue weighted by Gasteiger charge is -2.42. The molecule has 0 radical (unpaired) electrons. The highest BCUT2D eigenvalue weighted by Gasteiger charge is 2.42. The van der Waals surface area contributed by atoms with Crippen molar-refractivity contribution in [3.8, 4) is 11.1 Å². The van der Waals surface area contributed by atoms with Gasteiger partial charge in [0, 0.05) is 37.4 Å². The quantitative estimate of drug-likeness (QED) is 0.709. The zero-order valence-electron chi connectivity index (χ0n) is 15.3. The zero-order valence-corrected chi connectivity index (χ0v) is 15.3. The molecule has 0 bridgehead atoms. The number of nitrogens with zero attached hydrogens (tertiary/aromatic N) is 4. The Morgan fingerprint density at radius 1 is 1.07 bits per heavy atom. The van der Waals surface area contributed by atoms with Gasteiger partial charge in [-0.15, -0.1) is 0 Å². The van der Waals surface area contributed by atoms with Crippen molar-refractivity contribution in [1.82, 2.24) is 25.3 Å². The predicted octanol–water partition coefficient (Wildman–Crippen LogP) is 2.92. The molecule has 0 spiro atoms. The average molecular weight is 378 g/mol. The second-order valence-electron chi connectivity index (χ2n) is 6.70. The summed E-state index contributed by atoms with van der Waals surface area (Å²) in [5.74, 6) is -0.177. The summed E-state index contributed by atoms with van der Waals surface area (Å²) < 4.78 is 14.2. The molecule has 1 amide bonds. The van der Waals surface area contributed by atoms with Gasteiger partial charge in [0.15, 0.2) is 0 Å². The summed E-state index contributed by atoms with van der Waals surface area (Å²) in [6.45, 7) is 0. The second kappa shape index (κ2) is 7.30. The molecule has 0 saturated heterocycles. The molecule has 2 N–H and O–H groups in total. The normalized spacial score (nSPS) is 14.8. The molecule has 0 unspecified atom stereocenters. The van der Waals surface area contributed by atoms with Crippen molar-refractivity contribution >= 4 is 11.9 Å². The van der Waals surface area contributed by atoms with Crippen LogP contribution in [0.4, 0.5) is 10.3 Å². The first-order valence-electron chi connectivity index (χ1n) is 9.01. The van der Waals surface area contributed by atoms with E-state index in [1.165, 1.54) is 6.07 Å². The maximum atomic E-state index is 14.2. The van der Waals surface area contributed by atoms with E-state index < -0.39 is 5.54 Å². The Kier molecular flexibility index (Phi) is 4.68. The van der Waals surface area contributed by atoms with E-state index in [0.29, 0.717) is 17.3 Å². The van der Waals surface area contributed by atoms with Crippen LogP contribution in [-0.2, 0) is 5.54 Å². The molecular weight excluding hydrogens is 359 g/mol. The minimum atomic E-state index is -0.574. The fourth-order valence-corrected chi connectivity index (χ4v) is 3.31. The molecule has 142 valence electrons. The summed E-state index contributed by atoms with van der Waals surface area (Å²) >= 11 is 0. The highest BCUT2D eigenvalue weighted by atomic mass is 19.1. The van der Waals surface area contributed by atoms with Crippen LogP contribution in [0.5, 0.6) is 0 Å². The molecule has 1 saturated carbocycles. The lowest BCUT2D eigenvalue weighted by molar-refractivity contribution is 0.0958. The number of pyridine rings is 2. The van der Waals surface area contributed by atoms with Crippen LogP contribution in [0.1, 0.15) is 35.4 Å². The molecular formula is C20H19FN6O. The van der Waals surface area contributed by atoms with E-state index in [0.717, 1.165) is 30.4 Å². The lowest BCUT2D eigenvalue weighted by Crippen LogP contribution is -2.44. The van der Waals surface area contributed by atoms with Crippen LogP contribution < -0.4 is 10.6 Å². The van der Waals surface area contributed by atoms with Crippen molar-refractivity contribution in [1.29, 1.82) is 0 Å². The van der Waals surface area contributed by atoms with Crippen molar-refractivity contribution < 1.29 is 9.18 Å². The number of rotatable bonds is 5. The van der Waals surface area contributed by atoms with Gasteiger partial charge >= 0.3 is 0 Å². The zero-order chi connectivity index (χ0) is 19.6. The molecule has 0 aliphatic heterocycles. The van der Waals surface area contributed by atoms with Crippen LogP contribution in [0.3, 0.4) is 0 Å². The van der Waals surface area contributed by atoms with Crippen molar-refractivity contribution in [2.75, 3.05) is 12.4 Å². The van der Waals surface area contributed by atoms with Gasteiger partial charge in [-0.2, -0.15) is 0 Å². The molecule has 4 rings (SSSR count). The van der Waals surface area contributed by atoms with Gasteiger partial charge in [-0.05, 0) is 49.1 Å². The standard InChI is InChI=1S/C20H19FN6O/c1-22-18(28)16-10-13(5-9-23-16)14-11-25-19(26-12-14)27-20(6-3-7-20)17-15(21)4-2-8-24-17/h2,4-5,8-12H,3,6-7H2,1H3,(H,22,28)(H,25,26,27). The highest BCUT2D eigenvalue weighted by Crippen LogP contribution is 2.43. The van der Waals surface area contributed by atoms with E-state index in [1.54, 1.807) is 50.0 Å². The van der Waals surface area contributed by atoms with Crippen molar-refractivity contribution in [3.05, 3.63) is 66.3 Å². The number of carbonyl (C=O) groups excluding carboxylic acids is 1. The SMILES string of the molecule is CNC(=O)c1cc(-c2cnc(NC3(c4ncccc4F)CCC3)nc2)ccn1. The summed E-state index contributed by atoms with van der Waals surface area (Å²) in [4.78, 5) is 28.8. The predicted molar refractivity (Wildman–Crippen MR) is 102 cm³/mol. The second-order valence-corrected chi connectivity index (χ2v) is 6.70. The first kappa shape index (κ1) is 18.0. The van der Waals surface area contributed by atoms with Crippen LogP contribution in [0.25, 0.3) is 11.1 Å². The summed E-state index contributed by atoms with van der Waals surface area (Å²) in [5.41, 5.74) is 1.69. The van der Waals surface area contributed by atoms with E-state index in [4.69, 9.17) is 0 Å². The van der Waals surface area contributed by atoms with Gasteiger partial charge in [-0.1, -0.05) is 0 Å². The van der Waals surface area contributed by atoms with Crippen LogP contribution >= 0.6 is 0 Å². The van der Waals surface area contributed by atoms with Crippen molar-refractivity contribution in [3.63, 3.8) is 0 Å². The van der Waals surface area contributed by atoms with Crippen molar-refractivity contribution in [2.24, 2.45) is 0 Å². The van der Waals surface area contributed by atoms with E-state index in [9.17, 15) is 9.18 Å². The first-order chi connectivity index (χ1) is 13.6. The Balaban J connectivity index is 1.57. The third-order valence-electron chi connectivity index (χ3n) is 4.97. The Morgan fingerprint density at radius 2 is 1.86 bits per heavy atom. The third-order valence-corrected chi connectivity index (χ3v) is 4.97. The minimum absolute atomic E-state index is 0.259. The lowest BCUT2D eigenvalue weighted by atomic mass is 9.74. The number of nitrogens with one attached hydrogen (secondary N) is 2. The van der Waals surface area contributed by atoms with Gasteiger partial charge in [-0.25, -0.2) is 14.4 Å². The number of halogens is 1. The highest BCUT2D eigenvalue weighted by molar-refractivity contribution is 5.93. The fourth-order valence-electron chi connectivity index (χ4n) is 3.31. The van der Waals surface area contributed by atoms with Crippen LogP contribution in [-0.4, -0.2) is 32.9 Å². The van der Waals surface area contributed by atoms with Crippen LogP contribution in [0.15, 0.2) is 49.1 Å². The smallest absolute Gasteiger partial charge is 0.269 e. The molecule has 3 aromatic rings. The molecule has 1 fully saturated rings. The number of hydrogen-bond donors (Lipinski definition) is 2. The average Bonchev–Trinajstić information content (AvgIpc) is 2.71. The van der Waals surface area contributed by atoms with E-state index >= 15 is 0 Å². The number of anilines is 1. The maximum absolute atomic E-state index is 14.2.